The van der Waals surface area contributed by atoms with E-state index in [1.807, 2.05) is 18.2 Å². The second kappa shape index (κ2) is 6.87. The van der Waals surface area contributed by atoms with Crippen molar-refractivity contribution < 1.29 is 9.53 Å². The number of carbonyl (C=O) groups excluding carboxylic acids is 1. The van der Waals surface area contributed by atoms with E-state index < -0.39 is 17.2 Å². The third kappa shape index (κ3) is 3.37. The molecule has 2 aromatic heterocycles. The molecule has 3 rings (SSSR count). The van der Waals surface area contributed by atoms with E-state index in [1.165, 1.54) is 18.1 Å². The number of imidazole rings is 1. The number of likely N-dealkylation sites (N-methyl/N-ethyl adjacent to an activating group) is 1. The number of hydrogen-bond acceptors (Lipinski definition) is 5. The van der Waals surface area contributed by atoms with Crippen LogP contribution in [0.15, 0.2) is 34.0 Å². The molecule has 1 amide bonds. The minimum absolute atomic E-state index is 0.0797. The Morgan fingerprint density at radius 3 is 2.81 bits per heavy atom. The first kappa shape index (κ1) is 17.5. The van der Waals surface area contributed by atoms with E-state index in [0.717, 1.165) is 27.2 Å². The van der Waals surface area contributed by atoms with Crippen LogP contribution in [0.1, 0.15) is 16.2 Å². The third-order valence-corrected chi connectivity index (χ3v) is 4.11. The maximum Gasteiger partial charge on any atom is 0.328 e. The minimum atomic E-state index is -0.694. The highest BCUT2D eigenvalue weighted by atomic mass is 16.5. The molecule has 0 aliphatic rings. The van der Waals surface area contributed by atoms with Gasteiger partial charge in [0.1, 0.15) is 17.1 Å². The molecule has 3 aromatic rings. The van der Waals surface area contributed by atoms with Crippen molar-refractivity contribution in [2.45, 2.75) is 6.42 Å². The normalized spacial score (nSPS) is 10.9. The predicted octanol–water partition coefficient (Wildman–Crippen LogP) is 0.273. The summed E-state index contributed by atoms with van der Waals surface area (Å²) >= 11 is 0. The zero-order valence-electron chi connectivity index (χ0n) is 14.7. The number of aromatic nitrogens is 4. The number of aryl methyl sites for hydroxylation is 1. The van der Waals surface area contributed by atoms with Gasteiger partial charge in [0.05, 0.1) is 18.1 Å². The fraction of sp³-hybridized carbons (Fsp3) is 0.294. The van der Waals surface area contributed by atoms with E-state index >= 15 is 0 Å². The number of rotatable bonds is 5. The Bertz CT molecular complexity index is 1080. The van der Waals surface area contributed by atoms with Gasteiger partial charge in [0, 0.05) is 39.3 Å². The molecule has 0 aliphatic heterocycles. The van der Waals surface area contributed by atoms with Crippen molar-refractivity contribution in [2.24, 2.45) is 7.05 Å². The van der Waals surface area contributed by atoms with Crippen molar-refractivity contribution in [1.82, 2.24) is 24.4 Å². The van der Waals surface area contributed by atoms with Crippen LogP contribution in [0.4, 0.5) is 0 Å². The molecule has 0 bridgehead atoms. The summed E-state index contributed by atoms with van der Waals surface area (Å²) in [5.74, 6) is 0.996. The van der Waals surface area contributed by atoms with E-state index in [0.29, 0.717) is 13.0 Å². The van der Waals surface area contributed by atoms with Gasteiger partial charge in [-0.05, 0) is 12.1 Å². The summed E-state index contributed by atoms with van der Waals surface area (Å²) in [5.41, 5.74) is 0.323. The molecule has 0 radical (unpaired) electrons. The van der Waals surface area contributed by atoms with Crippen LogP contribution in [0.2, 0.25) is 0 Å². The third-order valence-electron chi connectivity index (χ3n) is 4.11. The molecule has 2 N–H and O–H groups in total. The van der Waals surface area contributed by atoms with Crippen LogP contribution < -0.4 is 16.0 Å². The molecule has 0 saturated heterocycles. The van der Waals surface area contributed by atoms with Gasteiger partial charge in [0.15, 0.2) is 0 Å². The number of nitrogens with one attached hydrogen (secondary N) is 2. The van der Waals surface area contributed by atoms with E-state index in [-0.39, 0.29) is 5.56 Å². The molecule has 0 atom stereocenters. The Kier molecular flexibility index (Phi) is 4.61. The van der Waals surface area contributed by atoms with Crippen LogP contribution in [-0.4, -0.2) is 51.0 Å². The molecule has 0 spiro atoms. The summed E-state index contributed by atoms with van der Waals surface area (Å²) in [5, 5.41) is 0. The Balaban J connectivity index is 1.73. The van der Waals surface area contributed by atoms with Gasteiger partial charge in [-0.1, -0.05) is 0 Å². The Labute approximate surface area is 148 Å². The number of benzene rings is 1. The largest absolute Gasteiger partial charge is 0.497 e. The van der Waals surface area contributed by atoms with Gasteiger partial charge < -0.3 is 19.2 Å². The van der Waals surface area contributed by atoms with Gasteiger partial charge in [-0.25, -0.2) is 9.78 Å². The fourth-order valence-corrected chi connectivity index (χ4v) is 2.58. The van der Waals surface area contributed by atoms with Crippen molar-refractivity contribution in [1.29, 1.82) is 0 Å². The van der Waals surface area contributed by atoms with E-state index in [1.54, 1.807) is 14.2 Å². The lowest BCUT2D eigenvalue weighted by Gasteiger charge is -2.16. The molecule has 0 fully saturated rings. The number of carbonyl (C=O) groups is 1. The summed E-state index contributed by atoms with van der Waals surface area (Å²) in [4.78, 5) is 46.9. The smallest absolute Gasteiger partial charge is 0.328 e. The number of aromatic amines is 2. The van der Waals surface area contributed by atoms with Crippen LogP contribution >= 0.6 is 0 Å². The quantitative estimate of drug-likeness (QED) is 0.681. The van der Waals surface area contributed by atoms with Gasteiger partial charge in [0.2, 0.25) is 0 Å². The van der Waals surface area contributed by atoms with Crippen molar-refractivity contribution in [3.8, 4) is 5.75 Å². The molecule has 136 valence electrons. The lowest BCUT2D eigenvalue weighted by Crippen LogP contribution is -2.37. The van der Waals surface area contributed by atoms with Crippen molar-refractivity contribution >= 4 is 16.9 Å². The first-order chi connectivity index (χ1) is 12.4. The van der Waals surface area contributed by atoms with Crippen molar-refractivity contribution in [3.05, 3.63) is 56.6 Å². The molecule has 26 heavy (non-hydrogen) atoms. The number of ether oxygens (including phenoxy) is 1. The number of nitrogens with zero attached hydrogens (tertiary/aromatic N) is 3. The van der Waals surface area contributed by atoms with Crippen LogP contribution in [0.3, 0.4) is 0 Å². The Morgan fingerprint density at radius 2 is 2.08 bits per heavy atom. The highest BCUT2D eigenvalue weighted by Gasteiger charge is 2.17. The molecule has 9 heteroatoms. The maximum absolute atomic E-state index is 12.4. The van der Waals surface area contributed by atoms with Gasteiger partial charge in [-0.15, -0.1) is 0 Å². The molecule has 0 saturated carbocycles. The summed E-state index contributed by atoms with van der Waals surface area (Å²) in [6.45, 7) is 0.359. The number of hydrogen-bond donors (Lipinski definition) is 2. The molecular formula is C17H19N5O4. The first-order valence-corrected chi connectivity index (χ1v) is 7.97. The van der Waals surface area contributed by atoms with Gasteiger partial charge in [-0.3, -0.25) is 14.6 Å². The second-order valence-corrected chi connectivity index (χ2v) is 5.96. The average molecular weight is 357 g/mol. The van der Waals surface area contributed by atoms with Crippen molar-refractivity contribution in [3.63, 3.8) is 0 Å². The van der Waals surface area contributed by atoms with Gasteiger partial charge in [-0.2, -0.15) is 0 Å². The number of amides is 1. The van der Waals surface area contributed by atoms with E-state index in [2.05, 4.69) is 15.0 Å². The Morgan fingerprint density at radius 1 is 1.31 bits per heavy atom. The predicted molar refractivity (Wildman–Crippen MR) is 95.6 cm³/mol. The monoisotopic (exact) mass is 357 g/mol. The Hall–Kier alpha value is -3.36. The number of methoxy groups -OCH3 is 1. The maximum atomic E-state index is 12.4. The van der Waals surface area contributed by atoms with Crippen LogP contribution in [0, 0.1) is 0 Å². The zero-order chi connectivity index (χ0) is 18.8. The van der Waals surface area contributed by atoms with E-state index in [4.69, 9.17) is 4.74 Å². The molecule has 9 nitrogen and oxygen atoms in total. The minimum Gasteiger partial charge on any atom is -0.497 e. The topological polar surface area (TPSA) is 113 Å². The lowest BCUT2D eigenvalue weighted by molar-refractivity contribution is 0.0793. The first-order valence-electron chi connectivity index (χ1n) is 7.97. The van der Waals surface area contributed by atoms with Crippen LogP contribution in [0.25, 0.3) is 11.0 Å². The average Bonchev–Trinajstić information content (AvgIpc) is 3.04. The SMILES string of the molecule is COc1ccc2nc(CCN(C)C(=O)c3cn(C)c(=O)[nH]c3=O)[nH]c2c1. The fourth-order valence-electron chi connectivity index (χ4n) is 2.58. The van der Waals surface area contributed by atoms with Gasteiger partial charge in [0.25, 0.3) is 11.5 Å². The number of H-pyrrole nitrogens is 2. The molecule has 0 unspecified atom stereocenters. The molecule has 1 aromatic carbocycles. The van der Waals surface area contributed by atoms with Crippen LogP contribution in [0.5, 0.6) is 5.75 Å². The molecule has 2 heterocycles. The van der Waals surface area contributed by atoms with E-state index in [9.17, 15) is 14.4 Å². The number of fused-ring (bicyclic) bond motifs is 1. The summed E-state index contributed by atoms with van der Waals surface area (Å²) in [6.07, 6.45) is 1.73. The standard InChI is InChI=1S/C17H19N5O4/c1-21(16(24)11-9-22(2)17(25)20-15(11)23)7-6-14-18-12-5-4-10(26-3)8-13(12)19-14/h4-5,8-9H,6-7H2,1-3H3,(H,18,19)(H,20,23,25). The zero-order valence-corrected chi connectivity index (χ0v) is 14.7. The second-order valence-electron chi connectivity index (χ2n) is 5.96. The summed E-state index contributed by atoms with van der Waals surface area (Å²) < 4.78 is 6.34. The highest BCUT2D eigenvalue weighted by molar-refractivity contribution is 5.93. The van der Waals surface area contributed by atoms with Crippen molar-refractivity contribution in [2.75, 3.05) is 20.7 Å². The summed E-state index contributed by atoms with van der Waals surface area (Å²) in [7, 11) is 4.66. The molecular weight excluding hydrogens is 338 g/mol. The summed E-state index contributed by atoms with van der Waals surface area (Å²) in [6, 6.07) is 5.53. The van der Waals surface area contributed by atoms with Crippen LogP contribution in [-0.2, 0) is 13.5 Å². The lowest BCUT2D eigenvalue weighted by atomic mass is 10.2. The van der Waals surface area contributed by atoms with Gasteiger partial charge >= 0.3 is 5.69 Å². The highest BCUT2D eigenvalue weighted by Crippen LogP contribution is 2.18. The molecule has 0 aliphatic carbocycles.